The van der Waals surface area contributed by atoms with E-state index in [1.807, 2.05) is 18.5 Å². The van der Waals surface area contributed by atoms with Crippen molar-refractivity contribution in [1.82, 2.24) is 30.3 Å². The van der Waals surface area contributed by atoms with E-state index in [-0.39, 0.29) is 5.25 Å². The third-order valence-electron chi connectivity index (χ3n) is 2.79. The van der Waals surface area contributed by atoms with Gasteiger partial charge in [-0.2, -0.15) is 4.98 Å². The highest BCUT2D eigenvalue weighted by molar-refractivity contribution is 7.99. The van der Waals surface area contributed by atoms with E-state index in [9.17, 15) is 0 Å². The molecule has 96 valence electrons. The molecular formula is C10H14N6OS. The number of aromatic nitrogens is 6. The van der Waals surface area contributed by atoms with Crippen LogP contribution < -0.4 is 0 Å². The van der Waals surface area contributed by atoms with Crippen LogP contribution in [-0.4, -0.2) is 30.3 Å². The van der Waals surface area contributed by atoms with Crippen molar-refractivity contribution in [2.75, 3.05) is 0 Å². The van der Waals surface area contributed by atoms with E-state index < -0.39 is 0 Å². The summed E-state index contributed by atoms with van der Waals surface area (Å²) in [4.78, 5) is 4.32. The lowest BCUT2D eigenvalue weighted by molar-refractivity contribution is 0.375. The van der Waals surface area contributed by atoms with Crippen LogP contribution in [0.2, 0.25) is 0 Å². The van der Waals surface area contributed by atoms with Crippen LogP contribution >= 0.6 is 11.8 Å². The van der Waals surface area contributed by atoms with Crippen molar-refractivity contribution in [2.24, 2.45) is 0 Å². The maximum absolute atomic E-state index is 5.22. The van der Waals surface area contributed by atoms with E-state index in [1.54, 1.807) is 11.8 Å². The molecule has 0 aromatic carbocycles. The van der Waals surface area contributed by atoms with Gasteiger partial charge in [-0.1, -0.05) is 23.8 Å². The summed E-state index contributed by atoms with van der Waals surface area (Å²) >= 11 is 1.55. The molecule has 1 aliphatic rings. The molecule has 3 rings (SSSR count). The number of tetrazole rings is 1. The van der Waals surface area contributed by atoms with E-state index >= 15 is 0 Å². The summed E-state index contributed by atoms with van der Waals surface area (Å²) < 4.78 is 7.11. The summed E-state index contributed by atoms with van der Waals surface area (Å²) in [5, 5.41) is 16.6. The molecule has 1 unspecified atom stereocenters. The number of nitrogens with zero attached hydrogens (tertiary/aromatic N) is 6. The first-order valence-corrected chi connectivity index (χ1v) is 6.93. The van der Waals surface area contributed by atoms with Gasteiger partial charge in [0, 0.05) is 6.42 Å². The second kappa shape index (κ2) is 4.68. The molecule has 0 saturated heterocycles. The molecule has 0 N–H and O–H groups in total. The predicted molar refractivity (Wildman–Crippen MR) is 64.0 cm³/mol. The van der Waals surface area contributed by atoms with E-state index in [0.29, 0.717) is 11.9 Å². The van der Waals surface area contributed by atoms with Crippen LogP contribution in [0.5, 0.6) is 0 Å². The Balaban J connectivity index is 1.73. The van der Waals surface area contributed by atoms with Crippen molar-refractivity contribution >= 4 is 11.8 Å². The maximum atomic E-state index is 5.22. The van der Waals surface area contributed by atoms with Crippen LogP contribution in [0.1, 0.15) is 49.7 Å². The van der Waals surface area contributed by atoms with Crippen molar-refractivity contribution in [3.63, 3.8) is 0 Å². The van der Waals surface area contributed by atoms with Gasteiger partial charge in [0.25, 0.3) is 0 Å². The average Bonchev–Trinajstić information content (AvgIpc) is 2.93. The van der Waals surface area contributed by atoms with Gasteiger partial charge in [-0.25, -0.2) is 4.68 Å². The zero-order valence-corrected chi connectivity index (χ0v) is 11.1. The zero-order valence-electron chi connectivity index (χ0n) is 10.3. The smallest absolute Gasteiger partial charge is 0.239 e. The van der Waals surface area contributed by atoms with Crippen molar-refractivity contribution in [3.05, 3.63) is 11.7 Å². The molecule has 0 bridgehead atoms. The Morgan fingerprint density at radius 2 is 2.33 bits per heavy atom. The van der Waals surface area contributed by atoms with Crippen molar-refractivity contribution in [3.8, 4) is 0 Å². The Morgan fingerprint density at radius 3 is 3.00 bits per heavy atom. The quantitative estimate of drug-likeness (QED) is 0.763. The predicted octanol–water partition coefficient (Wildman–Crippen LogP) is 1.81. The summed E-state index contributed by atoms with van der Waals surface area (Å²) in [6, 6.07) is 0.476. The van der Waals surface area contributed by atoms with Crippen molar-refractivity contribution in [2.45, 2.75) is 49.6 Å². The van der Waals surface area contributed by atoms with Gasteiger partial charge in [0.2, 0.25) is 11.0 Å². The fourth-order valence-corrected chi connectivity index (χ4v) is 2.49. The van der Waals surface area contributed by atoms with Crippen LogP contribution in [-0.2, 0) is 6.42 Å². The molecule has 1 aliphatic carbocycles. The minimum atomic E-state index is 0.0568. The standard InChI is InChI=1S/C10H14N6OS/c1-3-8-11-9(17-13-8)6(2)18-10-12-14-15-16(10)7-4-5-7/h6-7H,3-5H2,1-2H3. The Kier molecular flexibility index (Phi) is 3.02. The Morgan fingerprint density at radius 1 is 1.50 bits per heavy atom. The molecule has 2 aromatic rings. The molecule has 0 spiro atoms. The van der Waals surface area contributed by atoms with Crippen LogP contribution in [0.15, 0.2) is 9.68 Å². The normalized spacial score (nSPS) is 17.0. The SMILES string of the molecule is CCc1noc(C(C)Sc2nnnn2C2CC2)n1. The van der Waals surface area contributed by atoms with Gasteiger partial charge >= 0.3 is 0 Å². The van der Waals surface area contributed by atoms with Crippen molar-refractivity contribution < 1.29 is 4.52 Å². The third kappa shape index (κ3) is 2.24. The van der Waals surface area contributed by atoms with E-state index in [1.165, 1.54) is 0 Å². The molecule has 2 aromatic heterocycles. The molecule has 2 heterocycles. The number of aryl methyl sites for hydroxylation is 1. The molecular weight excluding hydrogens is 252 g/mol. The topological polar surface area (TPSA) is 82.5 Å². The van der Waals surface area contributed by atoms with Gasteiger partial charge in [0.05, 0.1) is 11.3 Å². The highest BCUT2D eigenvalue weighted by Crippen LogP contribution is 2.39. The number of hydrogen-bond donors (Lipinski definition) is 0. The summed E-state index contributed by atoms with van der Waals surface area (Å²) in [7, 11) is 0. The second-order valence-electron chi connectivity index (χ2n) is 4.30. The monoisotopic (exact) mass is 266 g/mol. The van der Waals surface area contributed by atoms with Gasteiger partial charge in [-0.3, -0.25) is 0 Å². The summed E-state index contributed by atoms with van der Waals surface area (Å²) in [6.45, 7) is 4.02. The van der Waals surface area contributed by atoms with E-state index in [0.717, 1.165) is 30.2 Å². The molecule has 18 heavy (non-hydrogen) atoms. The molecule has 8 heteroatoms. The van der Waals surface area contributed by atoms with Gasteiger partial charge in [-0.15, -0.1) is 5.10 Å². The Labute approximate surface area is 108 Å². The lowest BCUT2D eigenvalue weighted by Crippen LogP contribution is -2.00. The second-order valence-corrected chi connectivity index (χ2v) is 5.61. The van der Waals surface area contributed by atoms with Crippen LogP contribution in [0.4, 0.5) is 0 Å². The zero-order chi connectivity index (χ0) is 12.5. The lowest BCUT2D eigenvalue weighted by Gasteiger charge is -2.05. The fourth-order valence-electron chi connectivity index (χ4n) is 1.60. The number of rotatable bonds is 5. The average molecular weight is 266 g/mol. The number of hydrogen-bond acceptors (Lipinski definition) is 7. The largest absolute Gasteiger partial charge is 0.338 e. The highest BCUT2D eigenvalue weighted by Gasteiger charge is 2.29. The molecule has 1 saturated carbocycles. The van der Waals surface area contributed by atoms with Gasteiger partial charge in [0.15, 0.2) is 5.82 Å². The Bertz CT molecular complexity index is 534. The lowest BCUT2D eigenvalue weighted by atomic mass is 10.4. The molecule has 0 amide bonds. The third-order valence-corrected chi connectivity index (χ3v) is 3.82. The maximum Gasteiger partial charge on any atom is 0.239 e. The first-order chi connectivity index (χ1) is 8.78. The molecule has 7 nitrogen and oxygen atoms in total. The first kappa shape index (κ1) is 11.6. The minimum Gasteiger partial charge on any atom is -0.338 e. The first-order valence-electron chi connectivity index (χ1n) is 6.05. The summed E-state index contributed by atoms with van der Waals surface area (Å²) in [5.74, 6) is 1.36. The van der Waals surface area contributed by atoms with Gasteiger partial charge in [0.1, 0.15) is 0 Å². The number of thioether (sulfide) groups is 1. The van der Waals surface area contributed by atoms with Crippen molar-refractivity contribution in [1.29, 1.82) is 0 Å². The highest BCUT2D eigenvalue weighted by atomic mass is 32.2. The minimum absolute atomic E-state index is 0.0568. The van der Waals surface area contributed by atoms with E-state index in [4.69, 9.17) is 4.52 Å². The molecule has 0 aliphatic heterocycles. The molecule has 1 atom stereocenters. The summed E-state index contributed by atoms with van der Waals surface area (Å²) in [5.41, 5.74) is 0. The molecule has 1 fully saturated rings. The fraction of sp³-hybridized carbons (Fsp3) is 0.700. The van der Waals surface area contributed by atoms with Crippen LogP contribution in [0.3, 0.4) is 0 Å². The summed E-state index contributed by atoms with van der Waals surface area (Å²) in [6.07, 6.45) is 3.10. The van der Waals surface area contributed by atoms with Crippen LogP contribution in [0.25, 0.3) is 0 Å². The van der Waals surface area contributed by atoms with Gasteiger partial charge in [-0.05, 0) is 30.2 Å². The van der Waals surface area contributed by atoms with Gasteiger partial charge < -0.3 is 4.52 Å². The van der Waals surface area contributed by atoms with Crippen LogP contribution in [0, 0.1) is 0 Å². The molecule has 0 radical (unpaired) electrons. The Hall–Kier alpha value is -1.44. The van der Waals surface area contributed by atoms with E-state index in [2.05, 4.69) is 25.7 Å².